The minimum atomic E-state index is 0.930. The molecular weight excluding hydrogens is 663 g/mol. The van der Waals surface area contributed by atoms with E-state index in [1.54, 1.807) is 0 Å². The van der Waals surface area contributed by atoms with E-state index in [0.29, 0.717) is 0 Å². The lowest BCUT2D eigenvalue weighted by Gasteiger charge is -2.26. The van der Waals surface area contributed by atoms with E-state index in [1.807, 2.05) is 11.3 Å². The molecule has 0 aliphatic rings. The van der Waals surface area contributed by atoms with Crippen molar-refractivity contribution >= 4 is 92.1 Å². The van der Waals surface area contributed by atoms with E-state index in [9.17, 15) is 0 Å². The summed E-state index contributed by atoms with van der Waals surface area (Å²) in [4.78, 5) is 2.37. The number of nitrogens with zero attached hydrogens (tertiary/aromatic N) is 1. The van der Waals surface area contributed by atoms with Gasteiger partial charge in [0.05, 0.1) is 0 Å². The van der Waals surface area contributed by atoms with Crippen molar-refractivity contribution in [2.24, 2.45) is 0 Å². The van der Waals surface area contributed by atoms with Crippen molar-refractivity contribution < 1.29 is 4.42 Å². The normalized spacial score (nSPS) is 11.8. The van der Waals surface area contributed by atoms with Gasteiger partial charge < -0.3 is 9.32 Å². The summed E-state index contributed by atoms with van der Waals surface area (Å²) in [6.07, 6.45) is 0. The van der Waals surface area contributed by atoms with Crippen molar-refractivity contribution in [3.05, 3.63) is 188 Å². The molecule has 2 nitrogen and oxygen atoms in total. The van der Waals surface area contributed by atoms with Crippen molar-refractivity contribution in [1.29, 1.82) is 0 Å². The molecule has 0 saturated heterocycles. The second kappa shape index (κ2) is 11.9. The van der Waals surface area contributed by atoms with Gasteiger partial charge in [-0.25, -0.2) is 0 Å². The fourth-order valence-corrected chi connectivity index (χ4v) is 9.19. The standard InChI is InChI=1S/C50H31NOS/c1-2-9-32(10-3-1)33-17-21-38(22-18-33)51(39-23-19-35(20-24-39)42-16-8-14-34-11-6-7-15-41(34)42)40-25-26-44-48(31-40)53-47-28-27-43-45-29-36-12-4-5-13-37(36)30-46(45)52-50(43)49(44)47/h1-31H. The van der Waals surface area contributed by atoms with Crippen molar-refractivity contribution in [2.75, 3.05) is 4.90 Å². The number of thiophene rings is 1. The van der Waals surface area contributed by atoms with E-state index < -0.39 is 0 Å². The Morgan fingerprint density at radius 1 is 0.377 bits per heavy atom. The van der Waals surface area contributed by atoms with E-state index in [2.05, 4.69) is 193 Å². The summed E-state index contributed by atoms with van der Waals surface area (Å²) in [7, 11) is 0. The van der Waals surface area contributed by atoms with Crippen LogP contribution >= 0.6 is 11.3 Å². The molecule has 3 heteroatoms. The highest BCUT2D eigenvalue weighted by Crippen LogP contribution is 2.45. The van der Waals surface area contributed by atoms with Gasteiger partial charge in [0.15, 0.2) is 0 Å². The molecule has 0 aliphatic heterocycles. The molecule has 2 aromatic heterocycles. The summed E-state index contributed by atoms with van der Waals surface area (Å²) >= 11 is 1.83. The van der Waals surface area contributed by atoms with Crippen LogP contribution in [0.1, 0.15) is 0 Å². The van der Waals surface area contributed by atoms with Crippen LogP contribution < -0.4 is 4.90 Å². The third-order valence-corrected chi connectivity index (χ3v) is 11.8. The predicted molar refractivity (Wildman–Crippen MR) is 227 cm³/mol. The topological polar surface area (TPSA) is 16.4 Å². The zero-order chi connectivity index (χ0) is 34.9. The van der Waals surface area contributed by atoms with E-state index in [-0.39, 0.29) is 0 Å². The van der Waals surface area contributed by atoms with Gasteiger partial charge >= 0.3 is 0 Å². The van der Waals surface area contributed by atoms with Crippen LogP contribution in [0.3, 0.4) is 0 Å². The van der Waals surface area contributed by atoms with Crippen LogP contribution in [0.2, 0.25) is 0 Å². The van der Waals surface area contributed by atoms with Gasteiger partial charge in [0.25, 0.3) is 0 Å². The first-order valence-corrected chi connectivity index (χ1v) is 18.8. The second-order valence-corrected chi connectivity index (χ2v) is 14.8. The summed E-state index contributed by atoms with van der Waals surface area (Å²) in [6, 6.07) is 68.0. The minimum absolute atomic E-state index is 0.930. The van der Waals surface area contributed by atoms with Crippen molar-refractivity contribution in [3.63, 3.8) is 0 Å². The Morgan fingerprint density at radius 2 is 1.00 bits per heavy atom. The molecule has 0 fully saturated rings. The summed E-state index contributed by atoms with van der Waals surface area (Å²) < 4.78 is 9.13. The van der Waals surface area contributed by atoms with Gasteiger partial charge in [0.2, 0.25) is 0 Å². The average molecular weight is 694 g/mol. The van der Waals surface area contributed by atoms with Gasteiger partial charge in [0.1, 0.15) is 11.2 Å². The molecule has 9 aromatic carbocycles. The zero-order valence-electron chi connectivity index (χ0n) is 28.7. The molecule has 11 aromatic rings. The molecule has 248 valence electrons. The molecule has 11 rings (SSSR count). The van der Waals surface area contributed by atoms with Gasteiger partial charge in [-0.1, -0.05) is 127 Å². The summed E-state index contributed by atoms with van der Waals surface area (Å²) in [5.74, 6) is 0. The number of hydrogen-bond acceptors (Lipinski definition) is 3. The smallest absolute Gasteiger partial charge is 0.144 e. The average Bonchev–Trinajstić information content (AvgIpc) is 3.78. The lowest BCUT2D eigenvalue weighted by atomic mass is 9.98. The van der Waals surface area contributed by atoms with Crippen LogP contribution in [0.15, 0.2) is 192 Å². The Balaban J connectivity index is 1.06. The fraction of sp³-hybridized carbons (Fsp3) is 0. The van der Waals surface area contributed by atoms with E-state index >= 15 is 0 Å². The molecule has 0 saturated carbocycles. The predicted octanol–water partition coefficient (Wildman–Crippen LogP) is 15.1. The second-order valence-electron chi connectivity index (χ2n) is 13.7. The molecular formula is C50H31NOS. The van der Waals surface area contributed by atoms with Gasteiger partial charge in [0, 0.05) is 48.0 Å². The summed E-state index contributed by atoms with van der Waals surface area (Å²) in [5, 5.41) is 9.66. The highest BCUT2D eigenvalue weighted by molar-refractivity contribution is 7.26. The number of anilines is 3. The summed E-state index contributed by atoms with van der Waals surface area (Å²) in [6.45, 7) is 0. The monoisotopic (exact) mass is 693 g/mol. The Morgan fingerprint density at radius 3 is 1.79 bits per heavy atom. The third-order valence-electron chi connectivity index (χ3n) is 10.6. The van der Waals surface area contributed by atoms with Crippen LogP contribution in [-0.4, -0.2) is 0 Å². The molecule has 0 bridgehead atoms. The third kappa shape index (κ3) is 4.93. The highest BCUT2D eigenvalue weighted by Gasteiger charge is 2.19. The van der Waals surface area contributed by atoms with Crippen LogP contribution in [0.25, 0.3) is 85.9 Å². The maximum Gasteiger partial charge on any atom is 0.144 e. The molecule has 0 unspecified atom stereocenters. The first-order chi connectivity index (χ1) is 26.2. The quantitative estimate of drug-likeness (QED) is 0.178. The Bertz CT molecular complexity index is 3150. The van der Waals surface area contributed by atoms with Crippen molar-refractivity contribution in [1.82, 2.24) is 0 Å². The molecule has 0 atom stereocenters. The number of hydrogen-bond donors (Lipinski definition) is 0. The van der Waals surface area contributed by atoms with Gasteiger partial charge in [-0.3, -0.25) is 0 Å². The number of rotatable bonds is 5. The molecule has 0 radical (unpaired) electrons. The van der Waals surface area contributed by atoms with Crippen LogP contribution in [0.4, 0.5) is 17.1 Å². The SMILES string of the molecule is c1ccc(-c2ccc(N(c3ccc(-c4cccc5ccccc45)cc3)c3ccc4c(c3)sc3ccc5c6cc7ccccc7cc6oc5c34)cc2)cc1. The number of fused-ring (bicyclic) bond motifs is 9. The zero-order valence-corrected chi connectivity index (χ0v) is 29.5. The van der Waals surface area contributed by atoms with E-state index in [1.165, 1.54) is 64.0 Å². The first-order valence-electron chi connectivity index (χ1n) is 18.0. The fourth-order valence-electron chi connectivity index (χ4n) is 8.05. The van der Waals surface area contributed by atoms with Crippen molar-refractivity contribution in [3.8, 4) is 22.3 Å². The lowest BCUT2D eigenvalue weighted by Crippen LogP contribution is -2.09. The molecule has 0 N–H and O–H groups in total. The van der Waals surface area contributed by atoms with Crippen molar-refractivity contribution in [2.45, 2.75) is 0 Å². The van der Waals surface area contributed by atoms with E-state index in [0.717, 1.165) is 39.0 Å². The van der Waals surface area contributed by atoms with E-state index in [4.69, 9.17) is 4.42 Å². The Labute approximate surface area is 310 Å². The maximum atomic E-state index is 6.67. The van der Waals surface area contributed by atoms with Crippen LogP contribution in [-0.2, 0) is 0 Å². The van der Waals surface area contributed by atoms with Crippen LogP contribution in [0, 0.1) is 0 Å². The Hall–Kier alpha value is -6.68. The lowest BCUT2D eigenvalue weighted by molar-refractivity contribution is 0.673. The largest absolute Gasteiger partial charge is 0.455 e. The highest BCUT2D eigenvalue weighted by atomic mass is 32.1. The van der Waals surface area contributed by atoms with Gasteiger partial charge in [-0.15, -0.1) is 11.3 Å². The number of benzene rings is 9. The van der Waals surface area contributed by atoms with Gasteiger partial charge in [-0.2, -0.15) is 0 Å². The molecule has 0 aliphatic carbocycles. The molecule has 53 heavy (non-hydrogen) atoms. The summed E-state index contributed by atoms with van der Waals surface area (Å²) in [5.41, 5.74) is 10.1. The molecule has 0 spiro atoms. The first kappa shape index (κ1) is 30.0. The van der Waals surface area contributed by atoms with Crippen LogP contribution in [0.5, 0.6) is 0 Å². The maximum absolute atomic E-state index is 6.67. The molecule has 2 heterocycles. The minimum Gasteiger partial charge on any atom is -0.455 e. The number of furan rings is 1. The Kier molecular flexibility index (Phi) is 6.76. The van der Waals surface area contributed by atoms with Gasteiger partial charge in [-0.05, 0) is 104 Å². The molecule has 0 amide bonds.